The van der Waals surface area contributed by atoms with Crippen molar-refractivity contribution in [3.8, 4) is 11.5 Å². The fraction of sp³-hybridized carbons (Fsp3) is 0.176. The van der Waals surface area contributed by atoms with Gasteiger partial charge in [0.15, 0.2) is 0 Å². The van der Waals surface area contributed by atoms with Crippen molar-refractivity contribution < 1.29 is 23.5 Å². The van der Waals surface area contributed by atoms with Gasteiger partial charge < -0.3 is 9.47 Å². The third-order valence-corrected chi connectivity index (χ3v) is 3.26. The molecule has 0 radical (unpaired) electrons. The summed E-state index contributed by atoms with van der Waals surface area (Å²) < 4.78 is 23.1. The zero-order valence-corrected chi connectivity index (χ0v) is 13.3. The Labute approximate surface area is 138 Å². The van der Waals surface area contributed by atoms with Crippen LogP contribution in [0.15, 0.2) is 42.5 Å². The van der Waals surface area contributed by atoms with Crippen molar-refractivity contribution in [3.63, 3.8) is 0 Å². The molecule has 2 aromatic rings. The Bertz CT molecular complexity index is 732. The number of carbonyl (C=O) groups excluding carboxylic acids is 2. The largest absolute Gasteiger partial charge is 0.497 e. The molecule has 0 fully saturated rings. The predicted molar refractivity (Wildman–Crippen MR) is 85.3 cm³/mol. The monoisotopic (exact) mass is 332 g/mol. The summed E-state index contributed by atoms with van der Waals surface area (Å²) >= 11 is 0. The highest BCUT2D eigenvalue weighted by molar-refractivity contribution is 5.95. The van der Waals surface area contributed by atoms with E-state index in [-0.39, 0.29) is 12.0 Å². The van der Waals surface area contributed by atoms with Crippen molar-refractivity contribution >= 4 is 11.8 Å². The van der Waals surface area contributed by atoms with Crippen molar-refractivity contribution in [2.45, 2.75) is 6.42 Å². The van der Waals surface area contributed by atoms with Gasteiger partial charge in [-0.3, -0.25) is 20.4 Å². The van der Waals surface area contributed by atoms with E-state index in [1.54, 1.807) is 18.2 Å². The second-order valence-electron chi connectivity index (χ2n) is 4.86. The van der Waals surface area contributed by atoms with Crippen LogP contribution in [0.5, 0.6) is 11.5 Å². The molecule has 0 aliphatic rings. The Morgan fingerprint density at radius 2 is 1.71 bits per heavy atom. The number of carbonyl (C=O) groups is 2. The van der Waals surface area contributed by atoms with Gasteiger partial charge in [0, 0.05) is 11.1 Å². The van der Waals surface area contributed by atoms with Gasteiger partial charge in [0.2, 0.25) is 5.91 Å². The number of hydrogen-bond acceptors (Lipinski definition) is 4. The number of amides is 2. The van der Waals surface area contributed by atoms with Crippen LogP contribution < -0.4 is 20.3 Å². The molecule has 0 saturated carbocycles. The molecule has 0 unspecified atom stereocenters. The number of benzene rings is 2. The number of ether oxygens (including phenoxy) is 2. The van der Waals surface area contributed by atoms with E-state index < -0.39 is 17.6 Å². The number of rotatable bonds is 5. The fourth-order valence-corrected chi connectivity index (χ4v) is 2.04. The van der Waals surface area contributed by atoms with E-state index in [2.05, 4.69) is 10.9 Å². The predicted octanol–water partition coefficient (Wildman–Crippen LogP) is 1.85. The zero-order valence-electron chi connectivity index (χ0n) is 13.3. The Morgan fingerprint density at radius 3 is 2.33 bits per heavy atom. The second-order valence-corrected chi connectivity index (χ2v) is 4.86. The molecule has 2 aromatic carbocycles. The van der Waals surface area contributed by atoms with Crippen molar-refractivity contribution in [1.82, 2.24) is 10.9 Å². The van der Waals surface area contributed by atoms with Gasteiger partial charge in [0.1, 0.15) is 17.3 Å². The first kappa shape index (κ1) is 17.3. The first-order chi connectivity index (χ1) is 11.5. The molecule has 0 aromatic heterocycles. The summed E-state index contributed by atoms with van der Waals surface area (Å²) in [7, 11) is 3.02. The Balaban J connectivity index is 1.96. The van der Waals surface area contributed by atoms with Gasteiger partial charge in [0.25, 0.3) is 5.91 Å². The third kappa shape index (κ3) is 4.45. The van der Waals surface area contributed by atoms with Crippen molar-refractivity contribution in [1.29, 1.82) is 0 Å². The van der Waals surface area contributed by atoms with Crippen LogP contribution in [0.3, 0.4) is 0 Å². The van der Waals surface area contributed by atoms with Crippen LogP contribution in [0.2, 0.25) is 0 Å². The van der Waals surface area contributed by atoms with Crippen molar-refractivity contribution in [2.75, 3.05) is 14.2 Å². The molecule has 0 aliphatic heterocycles. The van der Waals surface area contributed by atoms with Gasteiger partial charge in [0.05, 0.1) is 20.6 Å². The Kier molecular flexibility index (Phi) is 5.73. The van der Waals surface area contributed by atoms with E-state index in [9.17, 15) is 14.0 Å². The summed E-state index contributed by atoms with van der Waals surface area (Å²) in [5.41, 5.74) is 5.42. The maximum atomic E-state index is 12.8. The van der Waals surface area contributed by atoms with Crippen LogP contribution in [0.25, 0.3) is 0 Å². The lowest BCUT2D eigenvalue weighted by Crippen LogP contribution is -2.42. The summed E-state index contributed by atoms with van der Waals surface area (Å²) in [4.78, 5) is 23.8. The summed E-state index contributed by atoms with van der Waals surface area (Å²) in [6.07, 6.45) is -0.00985. The summed E-state index contributed by atoms with van der Waals surface area (Å²) in [6, 6.07) is 10.1. The minimum Gasteiger partial charge on any atom is -0.497 e. The molecule has 0 spiro atoms. The zero-order chi connectivity index (χ0) is 17.5. The van der Waals surface area contributed by atoms with Gasteiger partial charge >= 0.3 is 0 Å². The maximum absolute atomic E-state index is 12.8. The molecular formula is C17H17FN2O4. The quantitative estimate of drug-likeness (QED) is 0.819. The topological polar surface area (TPSA) is 76.7 Å². The number of methoxy groups -OCH3 is 2. The van der Waals surface area contributed by atoms with Crippen LogP contribution in [0, 0.1) is 5.82 Å². The van der Waals surface area contributed by atoms with Crippen LogP contribution in [-0.2, 0) is 11.2 Å². The molecule has 126 valence electrons. The minimum atomic E-state index is -0.541. The summed E-state index contributed by atoms with van der Waals surface area (Å²) in [5.74, 6) is -0.288. The average molecular weight is 332 g/mol. The Hall–Kier alpha value is -3.09. The van der Waals surface area contributed by atoms with Crippen molar-refractivity contribution in [2.24, 2.45) is 0 Å². The van der Waals surface area contributed by atoms with E-state index in [0.717, 1.165) is 12.1 Å². The van der Waals surface area contributed by atoms with E-state index in [1.807, 2.05) is 0 Å². The number of nitrogens with one attached hydrogen (secondary N) is 2. The maximum Gasteiger partial charge on any atom is 0.269 e. The molecule has 0 saturated heterocycles. The standard InChI is InChI=1S/C17H17FN2O4/c1-23-14-7-8-15(24-2)12(9-14)10-16(21)19-20-17(22)11-3-5-13(18)6-4-11/h3-9H,10H2,1-2H3,(H,19,21)(H,20,22). The highest BCUT2D eigenvalue weighted by Crippen LogP contribution is 2.24. The second kappa shape index (κ2) is 7.96. The van der Waals surface area contributed by atoms with E-state index >= 15 is 0 Å². The van der Waals surface area contributed by atoms with Crippen LogP contribution in [-0.4, -0.2) is 26.0 Å². The third-order valence-electron chi connectivity index (χ3n) is 3.26. The first-order valence-corrected chi connectivity index (χ1v) is 7.09. The van der Waals surface area contributed by atoms with E-state index in [4.69, 9.17) is 9.47 Å². The van der Waals surface area contributed by atoms with Crippen molar-refractivity contribution in [3.05, 3.63) is 59.4 Å². The fourth-order valence-electron chi connectivity index (χ4n) is 2.04. The molecule has 0 aliphatic carbocycles. The lowest BCUT2D eigenvalue weighted by atomic mass is 10.1. The number of hydrogen-bond donors (Lipinski definition) is 2. The van der Waals surface area contributed by atoms with Gasteiger partial charge in [-0.2, -0.15) is 0 Å². The summed E-state index contributed by atoms with van der Waals surface area (Å²) in [6.45, 7) is 0. The van der Waals surface area contributed by atoms with Gasteiger partial charge in [-0.05, 0) is 42.5 Å². The lowest BCUT2D eigenvalue weighted by Gasteiger charge is -2.11. The molecule has 0 atom stereocenters. The van der Waals surface area contributed by atoms with Crippen LogP contribution >= 0.6 is 0 Å². The molecule has 6 nitrogen and oxygen atoms in total. The first-order valence-electron chi connectivity index (χ1n) is 7.09. The molecule has 2 amide bonds. The lowest BCUT2D eigenvalue weighted by molar-refractivity contribution is -0.121. The normalized spacial score (nSPS) is 9.96. The minimum absolute atomic E-state index is 0.00985. The van der Waals surface area contributed by atoms with Crippen LogP contribution in [0.1, 0.15) is 15.9 Å². The molecule has 7 heteroatoms. The average Bonchev–Trinajstić information content (AvgIpc) is 2.60. The van der Waals surface area contributed by atoms with Gasteiger partial charge in [-0.15, -0.1) is 0 Å². The molecule has 2 rings (SSSR count). The van der Waals surface area contributed by atoms with E-state index in [1.165, 1.54) is 26.4 Å². The van der Waals surface area contributed by atoms with Gasteiger partial charge in [-0.25, -0.2) is 4.39 Å². The SMILES string of the molecule is COc1ccc(OC)c(CC(=O)NNC(=O)c2ccc(F)cc2)c1. The van der Waals surface area contributed by atoms with E-state index in [0.29, 0.717) is 17.1 Å². The highest BCUT2D eigenvalue weighted by atomic mass is 19.1. The smallest absolute Gasteiger partial charge is 0.269 e. The molecule has 24 heavy (non-hydrogen) atoms. The van der Waals surface area contributed by atoms with Gasteiger partial charge in [-0.1, -0.05) is 0 Å². The number of hydrazine groups is 1. The molecule has 0 bridgehead atoms. The van der Waals surface area contributed by atoms with Crippen LogP contribution in [0.4, 0.5) is 4.39 Å². The molecule has 0 heterocycles. The number of halogens is 1. The highest BCUT2D eigenvalue weighted by Gasteiger charge is 2.12. The molecule has 2 N–H and O–H groups in total. The summed E-state index contributed by atoms with van der Waals surface area (Å²) in [5, 5.41) is 0. The Morgan fingerprint density at radius 1 is 1.00 bits per heavy atom. The molecular weight excluding hydrogens is 315 g/mol.